The lowest BCUT2D eigenvalue weighted by Crippen LogP contribution is -2.00. The average Bonchev–Trinajstić information content (AvgIpc) is 2.93. The molecule has 0 spiro atoms. The molecule has 1 fully saturated rings. The van der Waals surface area contributed by atoms with Crippen molar-refractivity contribution in [3.63, 3.8) is 0 Å². The van der Waals surface area contributed by atoms with Crippen molar-refractivity contribution in [2.75, 3.05) is 0 Å². The molecule has 0 saturated heterocycles. The molecule has 2 aromatic heterocycles. The molecule has 0 unspecified atom stereocenters. The van der Waals surface area contributed by atoms with E-state index in [2.05, 4.69) is 15.0 Å². The maximum atomic E-state index is 6.11. The van der Waals surface area contributed by atoms with Gasteiger partial charge >= 0.3 is 0 Å². The van der Waals surface area contributed by atoms with E-state index in [9.17, 15) is 0 Å². The summed E-state index contributed by atoms with van der Waals surface area (Å²) in [5.74, 6) is 1.22. The van der Waals surface area contributed by atoms with Gasteiger partial charge in [-0.05, 0) is 31.0 Å². The Morgan fingerprint density at radius 1 is 1.17 bits per heavy atom. The highest BCUT2D eigenvalue weighted by atomic mass is 35.5. The first-order chi connectivity index (χ1) is 8.83. The summed E-state index contributed by atoms with van der Waals surface area (Å²) in [5.41, 5.74) is 1.99. The third-order valence-electron chi connectivity index (χ3n) is 3.41. The molecule has 3 rings (SSSR count). The lowest BCUT2D eigenvalue weighted by atomic mass is 10.0. The Labute approximate surface area is 111 Å². The fourth-order valence-electron chi connectivity index (χ4n) is 2.49. The fraction of sp³-hybridized carbons (Fsp3) is 0.357. The quantitative estimate of drug-likeness (QED) is 0.769. The summed E-state index contributed by atoms with van der Waals surface area (Å²) in [6.07, 6.45) is 8.50. The smallest absolute Gasteiger partial charge is 0.162 e. The summed E-state index contributed by atoms with van der Waals surface area (Å²) in [7, 11) is 0. The van der Waals surface area contributed by atoms with Crippen molar-refractivity contribution in [2.24, 2.45) is 0 Å². The molecule has 0 atom stereocenters. The van der Waals surface area contributed by atoms with E-state index in [0.29, 0.717) is 16.9 Å². The van der Waals surface area contributed by atoms with Crippen LogP contribution in [0.4, 0.5) is 0 Å². The molecule has 0 aliphatic heterocycles. The molecular formula is C14H14ClN3. The van der Waals surface area contributed by atoms with Crippen LogP contribution in [0.2, 0.25) is 5.15 Å². The van der Waals surface area contributed by atoms with Crippen LogP contribution in [0, 0.1) is 0 Å². The van der Waals surface area contributed by atoms with Crippen LogP contribution in [-0.2, 0) is 0 Å². The lowest BCUT2D eigenvalue weighted by Gasteiger charge is -2.10. The number of hydrogen-bond acceptors (Lipinski definition) is 3. The van der Waals surface area contributed by atoms with Crippen LogP contribution in [0.5, 0.6) is 0 Å². The van der Waals surface area contributed by atoms with Crippen LogP contribution in [0.1, 0.15) is 37.3 Å². The SMILES string of the molecule is Clc1cc(C2CCCC2)nc(-c2cccnc2)n1. The summed E-state index contributed by atoms with van der Waals surface area (Å²) >= 11 is 6.11. The molecule has 0 amide bonds. The standard InChI is InChI=1S/C14H14ClN3/c15-13-8-12(10-4-1-2-5-10)17-14(18-13)11-6-3-7-16-9-11/h3,6-10H,1-2,4-5H2. The van der Waals surface area contributed by atoms with E-state index in [1.54, 1.807) is 12.4 Å². The van der Waals surface area contributed by atoms with Gasteiger partial charge in [0.15, 0.2) is 5.82 Å². The van der Waals surface area contributed by atoms with Crippen molar-refractivity contribution < 1.29 is 0 Å². The van der Waals surface area contributed by atoms with Gasteiger partial charge in [0.05, 0.1) is 0 Å². The molecule has 2 heterocycles. The third kappa shape index (κ3) is 2.36. The predicted octanol–water partition coefficient (Wildman–Crippen LogP) is 3.85. The topological polar surface area (TPSA) is 38.7 Å². The highest BCUT2D eigenvalue weighted by molar-refractivity contribution is 6.29. The Bertz CT molecular complexity index is 536. The summed E-state index contributed by atoms with van der Waals surface area (Å²) in [6, 6.07) is 5.74. The van der Waals surface area contributed by atoms with E-state index >= 15 is 0 Å². The van der Waals surface area contributed by atoms with Crippen LogP contribution in [0.25, 0.3) is 11.4 Å². The maximum absolute atomic E-state index is 6.11. The maximum Gasteiger partial charge on any atom is 0.162 e. The van der Waals surface area contributed by atoms with E-state index in [-0.39, 0.29) is 0 Å². The van der Waals surface area contributed by atoms with Crippen molar-refractivity contribution in [1.29, 1.82) is 0 Å². The lowest BCUT2D eigenvalue weighted by molar-refractivity contribution is 0.695. The average molecular weight is 260 g/mol. The largest absolute Gasteiger partial charge is 0.264 e. The molecule has 92 valence electrons. The normalized spacial score (nSPS) is 16.1. The Balaban J connectivity index is 2.00. The second kappa shape index (κ2) is 5.02. The number of halogens is 1. The first-order valence-electron chi connectivity index (χ1n) is 6.28. The highest BCUT2D eigenvalue weighted by Crippen LogP contribution is 2.34. The molecular weight excluding hydrogens is 246 g/mol. The minimum atomic E-state index is 0.519. The van der Waals surface area contributed by atoms with Gasteiger partial charge in [-0.25, -0.2) is 9.97 Å². The van der Waals surface area contributed by atoms with E-state index in [1.807, 2.05) is 18.2 Å². The molecule has 18 heavy (non-hydrogen) atoms. The van der Waals surface area contributed by atoms with Gasteiger partial charge in [0.2, 0.25) is 0 Å². The van der Waals surface area contributed by atoms with Crippen molar-refractivity contribution in [3.05, 3.63) is 41.4 Å². The van der Waals surface area contributed by atoms with Crippen LogP contribution in [0.3, 0.4) is 0 Å². The summed E-state index contributed by atoms with van der Waals surface area (Å²) in [4.78, 5) is 13.0. The number of nitrogens with zero attached hydrogens (tertiary/aromatic N) is 3. The molecule has 0 bridgehead atoms. The van der Waals surface area contributed by atoms with Gasteiger partial charge in [-0.3, -0.25) is 4.98 Å². The molecule has 1 saturated carbocycles. The van der Waals surface area contributed by atoms with Gasteiger partial charge in [-0.15, -0.1) is 0 Å². The second-order valence-electron chi connectivity index (χ2n) is 4.66. The molecule has 1 aliphatic carbocycles. The predicted molar refractivity (Wildman–Crippen MR) is 71.5 cm³/mol. The zero-order chi connectivity index (χ0) is 12.4. The van der Waals surface area contributed by atoms with Crippen LogP contribution in [0.15, 0.2) is 30.6 Å². The molecule has 2 aromatic rings. The molecule has 3 nitrogen and oxygen atoms in total. The van der Waals surface area contributed by atoms with Gasteiger partial charge in [0, 0.05) is 29.6 Å². The minimum Gasteiger partial charge on any atom is -0.264 e. The fourth-order valence-corrected chi connectivity index (χ4v) is 2.68. The molecule has 0 radical (unpaired) electrons. The minimum absolute atomic E-state index is 0.519. The number of hydrogen-bond donors (Lipinski definition) is 0. The number of aromatic nitrogens is 3. The van der Waals surface area contributed by atoms with E-state index < -0.39 is 0 Å². The first-order valence-corrected chi connectivity index (χ1v) is 6.65. The molecule has 0 aromatic carbocycles. The van der Waals surface area contributed by atoms with E-state index in [4.69, 9.17) is 11.6 Å². The molecule has 0 N–H and O–H groups in total. The molecule has 1 aliphatic rings. The number of rotatable bonds is 2. The van der Waals surface area contributed by atoms with Gasteiger partial charge in [0.1, 0.15) is 5.15 Å². The zero-order valence-corrected chi connectivity index (χ0v) is 10.8. The second-order valence-corrected chi connectivity index (χ2v) is 5.05. The van der Waals surface area contributed by atoms with Gasteiger partial charge < -0.3 is 0 Å². The van der Waals surface area contributed by atoms with Crippen molar-refractivity contribution in [3.8, 4) is 11.4 Å². The molecule has 4 heteroatoms. The van der Waals surface area contributed by atoms with E-state index in [0.717, 1.165) is 11.3 Å². The van der Waals surface area contributed by atoms with E-state index in [1.165, 1.54) is 25.7 Å². The third-order valence-corrected chi connectivity index (χ3v) is 3.60. The van der Waals surface area contributed by atoms with Gasteiger partial charge in [0.25, 0.3) is 0 Å². The summed E-state index contributed by atoms with van der Waals surface area (Å²) in [6.45, 7) is 0. The summed E-state index contributed by atoms with van der Waals surface area (Å²) < 4.78 is 0. The Morgan fingerprint density at radius 2 is 2.00 bits per heavy atom. The Morgan fingerprint density at radius 3 is 2.72 bits per heavy atom. The van der Waals surface area contributed by atoms with Crippen LogP contribution < -0.4 is 0 Å². The van der Waals surface area contributed by atoms with Crippen molar-refractivity contribution in [1.82, 2.24) is 15.0 Å². The summed E-state index contributed by atoms with van der Waals surface area (Å²) in [5, 5.41) is 0.519. The number of pyridine rings is 1. The van der Waals surface area contributed by atoms with Gasteiger partial charge in [-0.1, -0.05) is 24.4 Å². The Hall–Kier alpha value is -1.48. The van der Waals surface area contributed by atoms with Crippen molar-refractivity contribution >= 4 is 11.6 Å². The van der Waals surface area contributed by atoms with Crippen molar-refractivity contribution in [2.45, 2.75) is 31.6 Å². The van der Waals surface area contributed by atoms with Crippen LogP contribution >= 0.6 is 11.6 Å². The highest BCUT2D eigenvalue weighted by Gasteiger charge is 2.20. The first kappa shape index (κ1) is 11.6. The van der Waals surface area contributed by atoms with Gasteiger partial charge in [-0.2, -0.15) is 0 Å². The monoisotopic (exact) mass is 259 g/mol. The zero-order valence-electron chi connectivity index (χ0n) is 10.0. The van der Waals surface area contributed by atoms with Crippen LogP contribution in [-0.4, -0.2) is 15.0 Å². The Kier molecular flexibility index (Phi) is 3.24.